The summed E-state index contributed by atoms with van der Waals surface area (Å²) in [6.45, 7) is 2.44. The van der Waals surface area contributed by atoms with E-state index in [0.29, 0.717) is 18.1 Å². The number of benzene rings is 1. The van der Waals surface area contributed by atoms with Crippen LogP contribution >= 0.6 is 0 Å². The van der Waals surface area contributed by atoms with E-state index in [-0.39, 0.29) is 11.7 Å². The fraction of sp³-hybridized carbons (Fsp3) is 0.105. The molecule has 7 heteroatoms. The first-order valence-corrected chi connectivity index (χ1v) is 8.08. The molecule has 1 aromatic carbocycles. The number of aromatic nitrogens is 3. The van der Waals surface area contributed by atoms with Crippen LogP contribution in [0.4, 0.5) is 5.69 Å². The van der Waals surface area contributed by atoms with Gasteiger partial charge in [-0.15, -0.1) is 0 Å². The molecule has 0 fully saturated rings. The van der Waals surface area contributed by atoms with Crippen LogP contribution in [-0.4, -0.2) is 20.7 Å². The molecule has 0 saturated heterocycles. The number of hydrogen-bond donors (Lipinski definition) is 1. The van der Waals surface area contributed by atoms with Crippen LogP contribution in [0.5, 0.6) is 0 Å². The molecule has 3 heterocycles. The highest BCUT2D eigenvalue weighted by atomic mass is 16.4. The van der Waals surface area contributed by atoms with Crippen molar-refractivity contribution in [3.63, 3.8) is 0 Å². The zero-order valence-corrected chi connectivity index (χ0v) is 14.0. The van der Waals surface area contributed by atoms with Crippen molar-refractivity contribution >= 4 is 11.6 Å². The Morgan fingerprint density at radius 1 is 1.19 bits per heavy atom. The summed E-state index contributed by atoms with van der Waals surface area (Å²) >= 11 is 0. The summed E-state index contributed by atoms with van der Waals surface area (Å²) in [5, 5.41) is 6.96. The molecule has 0 aliphatic rings. The van der Waals surface area contributed by atoms with Crippen LogP contribution in [0.3, 0.4) is 0 Å². The zero-order valence-electron chi connectivity index (χ0n) is 14.0. The molecule has 0 spiro atoms. The number of oxazole rings is 1. The van der Waals surface area contributed by atoms with Gasteiger partial charge in [-0.2, -0.15) is 5.10 Å². The zero-order chi connectivity index (χ0) is 17.9. The van der Waals surface area contributed by atoms with Crippen molar-refractivity contribution in [1.29, 1.82) is 0 Å². The van der Waals surface area contributed by atoms with Crippen molar-refractivity contribution < 1.29 is 13.6 Å². The van der Waals surface area contributed by atoms with Gasteiger partial charge in [-0.1, -0.05) is 0 Å². The summed E-state index contributed by atoms with van der Waals surface area (Å²) in [6.07, 6.45) is 5.07. The third-order valence-electron chi connectivity index (χ3n) is 3.90. The molecule has 4 rings (SSSR count). The number of carbonyl (C=O) groups excluding carboxylic acids is 1. The van der Waals surface area contributed by atoms with Gasteiger partial charge in [0.1, 0.15) is 11.5 Å². The topological polar surface area (TPSA) is 86.1 Å². The van der Waals surface area contributed by atoms with Crippen LogP contribution < -0.4 is 5.32 Å². The highest BCUT2D eigenvalue weighted by Crippen LogP contribution is 2.24. The second kappa shape index (κ2) is 6.72. The first-order chi connectivity index (χ1) is 12.7. The Kier molecular flexibility index (Phi) is 4.10. The van der Waals surface area contributed by atoms with Crippen molar-refractivity contribution in [2.24, 2.45) is 0 Å². The monoisotopic (exact) mass is 348 g/mol. The first kappa shape index (κ1) is 15.9. The lowest BCUT2D eigenvalue weighted by atomic mass is 10.2. The van der Waals surface area contributed by atoms with Crippen LogP contribution in [0.2, 0.25) is 0 Å². The smallest absolute Gasteiger partial charge is 0.291 e. The fourth-order valence-electron chi connectivity index (χ4n) is 2.54. The SMILES string of the molecule is Cc1oc(-c2ccc(NC(=O)c3ccco3)cc2)nc1Cn1cccn1. The Morgan fingerprint density at radius 3 is 2.73 bits per heavy atom. The van der Waals surface area contributed by atoms with Gasteiger partial charge in [-0.05, 0) is 49.4 Å². The van der Waals surface area contributed by atoms with E-state index in [1.54, 1.807) is 35.1 Å². The average Bonchev–Trinajstić information content (AvgIpc) is 3.39. The maximum absolute atomic E-state index is 12.0. The number of aryl methyl sites for hydroxylation is 1. The number of nitrogens with zero attached hydrogens (tertiary/aromatic N) is 3. The van der Waals surface area contributed by atoms with E-state index < -0.39 is 0 Å². The third-order valence-corrected chi connectivity index (χ3v) is 3.90. The van der Waals surface area contributed by atoms with Crippen LogP contribution in [0.25, 0.3) is 11.5 Å². The number of nitrogens with one attached hydrogen (secondary N) is 1. The van der Waals surface area contributed by atoms with Gasteiger partial charge in [-0.25, -0.2) is 4.98 Å². The molecule has 0 atom stereocenters. The van der Waals surface area contributed by atoms with Crippen molar-refractivity contribution in [3.05, 3.63) is 78.3 Å². The summed E-state index contributed by atoms with van der Waals surface area (Å²) in [5.74, 6) is 1.26. The molecular weight excluding hydrogens is 332 g/mol. The summed E-state index contributed by atoms with van der Waals surface area (Å²) in [6, 6.07) is 12.4. The van der Waals surface area contributed by atoms with Crippen molar-refractivity contribution in [3.8, 4) is 11.5 Å². The lowest BCUT2D eigenvalue weighted by Gasteiger charge is -2.03. The minimum Gasteiger partial charge on any atom is -0.459 e. The van der Waals surface area contributed by atoms with E-state index >= 15 is 0 Å². The Balaban J connectivity index is 1.49. The predicted octanol–water partition coefficient (Wildman–Crippen LogP) is 3.74. The van der Waals surface area contributed by atoms with E-state index in [1.165, 1.54) is 6.26 Å². The van der Waals surface area contributed by atoms with E-state index in [1.807, 2.05) is 31.3 Å². The lowest BCUT2D eigenvalue weighted by molar-refractivity contribution is 0.0996. The molecule has 130 valence electrons. The first-order valence-electron chi connectivity index (χ1n) is 8.08. The Bertz CT molecular complexity index is 1000. The normalized spacial score (nSPS) is 10.8. The van der Waals surface area contributed by atoms with Crippen LogP contribution in [-0.2, 0) is 6.54 Å². The average molecular weight is 348 g/mol. The maximum atomic E-state index is 12.0. The van der Waals surface area contributed by atoms with Crippen molar-refractivity contribution in [2.75, 3.05) is 5.32 Å². The number of furan rings is 1. The highest BCUT2D eigenvalue weighted by Gasteiger charge is 2.13. The number of rotatable bonds is 5. The summed E-state index contributed by atoms with van der Waals surface area (Å²) in [7, 11) is 0. The molecule has 0 aliphatic heterocycles. The summed E-state index contributed by atoms with van der Waals surface area (Å²) < 4.78 is 12.6. The largest absolute Gasteiger partial charge is 0.459 e. The molecule has 3 aromatic heterocycles. The number of carbonyl (C=O) groups is 1. The highest BCUT2D eigenvalue weighted by molar-refractivity contribution is 6.02. The standard InChI is InChI=1S/C19H16N4O3/c1-13-16(12-23-10-3-9-20-23)22-19(26-13)14-5-7-15(8-6-14)21-18(24)17-4-2-11-25-17/h2-11H,12H2,1H3,(H,21,24). The van der Waals surface area contributed by atoms with Crippen LogP contribution in [0.15, 0.2) is 70.0 Å². The van der Waals surface area contributed by atoms with Gasteiger partial charge in [0.05, 0.1) is 12.8 Å². The van der Waals surface area contributed by atoms with E-state index in [4.69, 9.17) is 8.83 Å². The number of hydrogen-bond acceptors (Lipinski definition) is 5. The van der Waals surface area contributed by atoms with Gasteiger partial charge < -0.3 is 14.2 Å². The number of amides is 1. The third kappa shape index (κ3) is 3.27. The molecule has 7 nitrogen and oxygen atoms in total. The number of anilines is 1. The fourth-order valence-corrected chi connectivity index (χ4v) is 2.54. The maximum Gasteiger partial charge on any atom is 0.291 e. The Hall–Kier alpha value is -3.61. The van der Waals surface area contributed by atoms with E-state index in [9.17, 15) is 4.79 Å². The van der Waals surface area contributed by atoms with Gasteiger partial charge in [0, 0.05) is 23.6 Å². The predicted molar refractivity (Wildman–Crippen MR) is 94.7 cm³/mol. The molecule has 0 aliphatic carbocycles. The van der Waals surface area contributed by atoms with E-state index in [0.717, 1.165) is 17.0 Å². The molecular formula is C19H16N4O3. The molecule has 1 amide bonds. The summed E-state index contributed by atoms with van der Waals surface area (Å²) in [5.41, 5.74) is 2.32. The quantitative estimate of drug-likeness (QED) is 0.594. The van der Waals surface area contributed by atoms with Crippen molar-refractivity contribution in [2.45, 2.75) is 13.5 Å². The molecule has 1 N–H and O–H groups in total. The van der Waals surface area contributed by atoms with Gasteiger partial charge in [0.25, 0.3) is 5.91 Å². The molecule has 26 heavy (non-hydrogen) atoms. The molecule has 4 aromatic rings. The van der Waals surface area contributed by atoms with Gasteiger partial charge in [0.2, 0.25) is 5.89 Å². The van der Waals surface area contributed by atoms with Crippen LogP contribution in [0.1, 0.15) is 22.0 Å². The molecule has 0 radical (unpaired) electrons. The Morgan fingerprint density at radius 2 is 2.04 bits per heavy atom. The summed E-state index contributed by atoms with van der Waals surface area (Å²) in [4.78, 5) is 16.5. The molecule has 0 bridgehead atoms. The van der Waals surface area contributed by atoms with Gasteiger partial charge in [-0.3, -0.25) is 9.48 Å². The molecule has 0 unspecified atom stereocenters. The van der Waals surface area contributed by atoms with E-state index in [2.05, 4.69) is 15.4 Å². The lowest BCUT2D eigenvalue weighted by Crippen LogP contribution is -2.10. The second-order valence-electron chi connectivity index (χ2n) is 5.73. The molecule has 0 saturated carbocycles. The Labute approximate surface area is 149 Å². The second-order valence-corrected chi connectivity index (χ2v) is 5.73. The van der Waals surface area contributed by atoms with Crippen LogP contribution in [0, 0.1) is 6.92 Å². The minimum atomic E-state index is -0.295. The van der Waals surface area contributed by atoms with Crippen molar-refractivity contribution in [1.82, 2.24) is 14.8 Å². The van der Waals surface area contributed by atoms with Gasteiger partial charge >= 0.3 is 0 Å². The van der Waals surface area contributed by atoms with Gasteiger partial charge in [0.15, 0.2) is 5.76 Å². The minimum absolute atomic E-state index is 0.265.